The lowest BCUT2D eigenvalue weighted by atomic mass is 10.4. The monoisotopic (exact) mass is 251 g/mol. The molecular weight excluding hydrogens is 234 g/mol. The van der Waals surface area contributed by atoms with Crippen molar-refractivity contribution in [3.05, 3.63) is 50.1 Å². The van der Waals surface area contributed by atoms with Gasteiger partial charge in [0.05, 0.1) is 0 Å². The quantitative estimate of drug-likeness (QED) is 0.290. The summed E-state index contributed by atoms with van der Waals surface area (Å²) in [5.41, 5.74) is 0. The van der Waals surface area contributed by atoms with E-state index in [0.717, 1.165) is 6.08 Å². The lowest BCUT2D eigenvalue weighted by molar-refractivity contribution is -0.148. The third-order valence-corrected chi connectivity index (χ3v) is 1.89. The van der Waals surface area contributed by atoms with Crippen LogP contribution in [0.1, 0.15) is 0 Å². The Balaban J connectivity index is 4.59. The average Bonchev–Trinajstić information content (AvgIpc) is 2.33. The van der Waals surface area contributed by atoms with Crippen molar-refractivity contribution >= 4 is 11.9 Å². The highest BCUT2D eigenvalue weighted by atomic mass is 16.6. The molecule has 0 saturated carbocycles. The molecule has 0 rings (SSSR count). The maximum absolute atomic E-state index is 11.3. The number of carbonyl (C=O) groups excluding carboxylic acids is 1. The summed E-state index contributed by atoms with van der Waals surface area (Å²) in [7, 11) is 0. The van der Waals surface area contributed by atoms with Gasteiger partial charge in [0.15, 0.2) is 6.23 Å². The molecule has 98 valence electrons. The van der Waals surface area contributed by atoms with E-state index in [9.17, 15) is 9.59 Å². The summed E-state index contributed by atoms with van der Waals surface area (Å²) in [5.74, 6) is -1.96. The average molecular weight is 251 g/mol. The number of rotatable bonds is 9. The minimum Gasteiger partial charge on any atom is -0.478 e. The third-order valence-electron chi connectivity index (χ3n) is 1.89. The van der Waals surface area contributed by atoms with Gasteiger partial charge in [-0.2, -0.15) is 0 Å². The molecular formula is C13H17NO4. The van der Waals surface area contributed by atoms with E-state index in [1.165, 1.54) is 6.08 Å². The molecule has 1 atom stereocenters. The number of carboxylic acid groups (broad SMARTS) is 1. The maximum atomic E-state index is 11.3. The van der Waals surface area contributed by atoms with E-state index in [4.69, 9.17) is 9.84 Å². The zero-order valence-corrected chi connectivity index (χ0v) is 10.1. The smallest absolute Gasteiger partial charge is 0.332 e. The molecule has 0 aromatic carbocycles. The maximum Gasteiger partial charge on any atom is 0.332 e. The van der Waals surface area contributed by atoms with Crippen LogP contribution in [0.3, 0.4) is 0 Å². The van der Waals surface area contributed by atoms with Gasteiger partial charge in [0, 0.05) is 25.2 Å². The van der Waals surface area contributed by atoms with Crippen LogP contribution in [0.25, 0.3) is 0 Å². The summed E-state index contributed by atoms with van der Waals surface area (Å²) < 4.78 is 5.04. The van der Waals surface area contributed by atoms with Gasteiger partial charge in [-0.1, -0.05) is 18.7 Å². The summed E-state index contributed by atoms with van der Waals surface area (Å²) in [6.07, 6.45) is 5.65. The van der Waals surface area contributed by atoms with Crippen molar-refractivity contribution in [3.8, 4) is 0 Å². The topological polar surface area (TPSA) is 66.8 Å². The molecule has 0 radical (unpaired) electrons. The molecule has 0 spiro atoms. The Bertz CT molecular complexity index is 350. The second-order valence-electron chi connectivity index (χ2n) is 3.27. The number of esters is 1. The van der Waals surface area contributed by atoms with Crippen molar-refractivity contribution in [2.24, 2.45) is 0 Å². The van der Waals surface area contributed by atoms with Crippen molar-refractivity contribution in [3.63, 3.8) is 0 Å². The van der Waals surface area contributed by atoms with Gasteiger partial charge in [-0.05, 0) is 6.08 Å². The molecule has 0 aromatic heterocycles. The van der Waals surface area contributed by atoms with Crippen LogP contribution in [0.4, 0.5) is 0 Å². The van der Waals surface area contributed by atoms with Gasteiger partial charge in [0.2, 0.25) is 0 Å². The molecule has 0 aliphatic heterocycles. The molecule has 0 aliphatic carbocycles. The number of carbonyl (C=O) groups is 2. The van der Waals surface area contributed by atoms with Crippen molar-refractivity contribution in [1.82, 2.24) is 4.90 Å². The fraction of sp³-hybridized carbons (Fsp3) is 0.231. The lowest BCUT2D eigenvalue weighted by Gasteiger charge is -2.26. The van der Waals surface area contributed by atoms with Gasteiger partial charge < -0.3 is 9.84 Å². The first-order valence-corrected chi connectivity index (χ1v) is 5.25. The van der Waals surface area contributed by atoms with E-state index >= 15 is 0 Å². The minimum absolute atomic E-state index is 0.485. The Morgan fingerprint density at radius 2 is 1.72 bits per heavy atom. The van der Waals surface area contributed by atoms with Gasteiger partial charge in [0.1, 0.15) is 0 Å². The van der Waals surface area contributed by atoms with Crippen LogP contribution in [0.5, 0.6) is 0 Å². The molecule has 0 fully saturated rings. The zero-order chi connectivity index (χ0) is 14.0. The van der Waals surface area contributed by atoms with E-state index in [1.54, 1.807) is 17.1 Å². The molecule has 0 saturated heterocycles. The molecule has 5 nitrogen and oxygen atoms in total. The van der Waals surface area contributed by atoms with Crippen LogP contribution in [-0.4, -0.2) is 41.3 Å². The SMILES string of the molecule is C=CCN(CC=C)C(C=C)OC(=O)C=CC(=O)O. The number of ether oxygens (including phenoxy) is 1. The number of carboxylic acids is 1. The van der Waals surface area contributed by atoms with Crippen LogP contribution in [-0.2, 0) is 14.3 Å². The Hall–Kier alpha value is -2.14. The molecule has 0 aliphatic rings. The van der Waals surface area contributed by atoms with Crippen molar-refractivity contribution < 1.29 is 19.4 Å². The standard InChI is InChI=1S/C13H17NO4/c1-4-9-14(10-5-2)11(6-3)18-13(17)8-7-12(15)16/h4-8,11H,1-3,9-10H2,(H,15,16). The summed E-state index contributed by atoms with van der Waals surface area (Å²) in [5, 5.41) is 8.38. The molecule has 0 aromatic rings. The first-order chi connectivity index (χ1) is 8.54. The first kappa shape index (κ1) is 15.9. The van der Waals surface area contributed by atoms with Crippen LogP contribution in [0.2, 0.25) is 0 Å². The van der Waals surface area contributed by atoms with Gasteiger partial charge in [-0.25, -0.2) is 9.59 Å². The van der Waals surface area contributed by atoms with E-state index < -0.39 is 18.2 Å². The van der Waals surface area contributed by atoms with Gasteiger partial charge in [-0.15, -0.1) is 13.2 Å². The largest absolute Gasteiger partial charge is 0.478 e. The van der Waals surface area contributed by atoms with Crippen molar-refractivity contribution in [2.45, 2.75) is 6.23 Å². The Morgan fingerprint density at radius 1 is 1.17 bits per heavy atom. The second-order valence-corrected chi connectivity index (χ2v) is 3.27. The minimum atomic E-state index is -1.21. The van der Waals surface area contributed by atoms with Crippen LogP contribution < -0.4 is 0 Å². The molecule has 18 heavy (non-hydrogen) atoms. The van der Waals surface area contributed by atoms with Crippen molar-refractivity contribution in [1.29, 1.82) is 0 Å². The third kappa shape index (κ3) is 6.44. The Labute approximate surface area is 106 Å². The van der Waals surface area contributed by atoms with Crippen molar-refractivity contribution in [2.75, 3.05) is 13.1 Å². The molecule has 0 bridgehead atoms. The van der Waals surface area contributed by atoms with Crippen LogP contribution in [0, 0.1) is 0 Å². The predicted molar refractivity (Wildman–Crippen MR) is 68.8 cm³/mol. The highest BCUT2D eigenvalue weighted by Crippen LogP contribution is 2.04. The number of nitrogens with zero attached hydrogens (tertiary/aromatic N) is 1. The van der Waals surface area contributed by atoms with E-state index in [2.05, 4.69) is 19.7 Å². The summed E-state index contributed by atoms with van der Waals surface area (Å²) in [6.45, 7) is 11.7. The van der Waals surface area contributed by atoms with E-state index in [-0.39, 0.29) is 0 Å². The fourth-order valence-corrected chi connectivity index (χ4v) is 1.18. The second kappa shape index (κ2) is 8.95. The zero-order valence-electron chi connectivity index (χ0n) is 10.1. The van der Waals surface area contributed by atoms with Crippen LogP contribution in [0.15, 0.2) is 50.1 Å². The van der Waals surface area contributed by atoms with E-state index in [1.807, 2.05) is 0 Å². The molecule has 1 unspecified atom stereocenters. The number of hydrogen-bond acceptors (Lipinski definition) is 4. The number of aliphatic carboxylic acids is 1. The molecule has 1 N–H and O–H groups in total. The predicted octanol–water partition coefficient (Wildman–Crippen LogP) is 1.36. The highest BCUT2D eigenvalue weighted by molar-refractivity contribution is 5.90. The molecule has 5 heteroatoms. The normalized spacial score (nSPS) is 12.1. The van der Waals surface area contributed by atoms with Crippen LogP contribution >= 0.6 is 0 Å². The Kier molecular flexibility index (Phi) is 7.89. The highest BCUT2D eigenvalue weighted by Gasteiger charge is 2.16. The van der Waals surface area contributed by atoms with Gasteiger partial charge in [0.25, 0.3) is 0 Å². The van der Waals surface area contributed by atoms with Gasteiger partial charge >= 0.3 is 11.9 Å². The number of hydrogen-bond donors (Lipinski definition) is 1. The summed E-state index contributed by atoms with van der Waals surface area (Å²) >= 11 is 0. The fourth-order valence-electron chi connectivity index (χ4n) is 1.18. The lowest BCUT2D eigenvalue weighted by Crippen LogP contribution is -2.37. The molecule has 0 amide bonds. The first-order valence-electron chi connectivity index (χ1n) is 5.25. The van der Waals surface area contributed by atoms with E-state index in [0.29, 0.717) is 19.2 Å². The summed E-state index contributed by atoms with van der Waals surface area (Å²) in [6, 6.07) is 0. The van der Waals surface area contributed by atoms with Gasteiger partial charge in [-0.3, -0.25) is 4.90 Å². The Morgan fingerprint density at radius 3 is 2.11 bits per heavy atom. The summed E-state index contributed by atoms with van der Waals surface area (Å²) in [4.78, 5) is 23.3. The molecule has 0 heterocycles.